The third-order valence-corrected chi connectivity index (χ3v) is 3.28. The molecule has 1 aromatic rings. The Bertz CT molecular complexity index is 456. The summed E-state index contributed by atoms with van der Waals surface area (Å²) in [5, 5.41) is 0. The van der Waals surface area contributed by atoms with E-state index in [1.54, 1.807) is 0 Å². The molecular formula is C16H24N2O3. The molecule has 0 heterocycles. The Hall–Kier alpha value is -1.59. The van der Waals surface area contributed by atoms with E-state index in [9.17, 15) is 4.79 Å². The molecule has 1 saturated carbocycles. The van der Waals surface area contributed by atoms with Crippen molar-refractivity contribution in [3.05, 3.63) is 35.9 Å². The van der Waals surface area contributed by atoms with Crippen LogP contribution in [0.4, 0.5) is 4.79 Å². The van der Waals surface area contributed by atoms with E-state index in [0.717, 1.165) is 18.4 Å². The number of carbonyl (C=O) groups excluding carboxylic acids is 1. The van der Waals surface area contributed by atoms with Gasteiger partial charge >= 0.3 is 6.09 Å². The van der Waals surface area contributed by atoms with Crippen molar-refractivity contribution in [2.75, 3.05) is 0 Å². The molecule has 0 radical (unpaired) electrons. The Balaban J connectivity index is 1.67. The normalized spacial score (nSPS) is 21.5. The molecule has 5 heteroatoms. The molecule has 0 aliphatic heterocycles. The van der Waals surface area contributed by atoms with Crippen LogP contribution >= 0.6 is 0 Å². The molecule has 2 N–H and O–H groups in total. The van der Waals surface area contributed by atoms with Crippen LogP contribution in [0.5, 0.6) is 0 Å². The Morgan fingerprint density at radius 1 is 1.24 bits per heavy atom. The highest BCUT2D eigenvalue weighted by Gasteiger charge is 2.32. The van der Waals surface area contributed by atoms with E-state index >= 15 is 0 Å². The summed E-state index contributed by atoms with van der Waals surface area (Å²) in [7, 11) is 0. The van der Waals surface area contributed by atoms with Gasteiger partial charge in [-0.3, -0.25) is 5.43 Å². The molecule has 5 nitrogen and oxygen atoms in total. The molecule has 116 valence electrons. The molecule has 0 aromatic heterocycles. The Morgan fingerprint density at radius 3 is 2.52 bits per heavy atom. The average Bonchev–Trinajstić information content (AvgIpc) is 2.37. The summed E-state index contributed by atoms with van der Waals surface area (Å²) in [6.45, 7) is 6.10. The quantitative estimate of drug-likeness (QED) is 0.819. The Kier molecular flexibility index (Phi) is 5.20. The van der Waals surface area contributed by atoms with E-state index in [-0.39, 0.29) is 12.1 Å². The zero-order chi connectivity index (χ0) is 15.3. The van der Waals surface area contributed by atoms with Gasteiger partial charge in [0.1, 0.15) is 5.60 Å². The fourth-order valence-electron chi connectivity index (χ4n) is 2.07. The first-order valence-corrected chi connectivity index (χ1v) is 7.34. The number of rotatable bonds is 5. The van der Waals surface area contributed by atoms with E-state index in [1.807, 2.05) is 51.1 Å². The number of amides is 1. The molecule has 0 saturated heterocycles. The topological polar surface area (TPSA) is 59.6 Å². The summed E-state index contributed by atoms with van der Waals surface area (Å²) in [5.41, 5.74) is 6.22. The van der Waals surface area contributed by atoms with Crippen LogP contribution in [0.3, 0.4) is 0 Å². The third kappa shape index (κ3) is 5.36. The molecule has 1 fully saturated rings. The lowest BCUT2D eigenvalue weighted by molar-refractivity contribution is -0.0410. The molecule has 0 spiro atoms. The summed E-state index contributed by atoms with van der Waals surface area (Å²) < 4.78 is 11.0. The average molecular weight is 292 g/mol. The lowest BCUT2D eigenvalue weighted by atomic mass is 9.89. The highest BCUT2D eigenvalue weighted by molar-refractivity contribution is 5.67. The lowest BCUT2D eigenvalue weighted by Crippen LogP contribution is -2.56. The minimum absolute atomic E-state index is 0.125. The predicted molar refractivity (Wildman–Crippen MR) is 80.5 cm³/mol. The van der Waals surface area contributed by atoms with Crippen molar-refractivity contribution in [1.29, 1.82) is 0 Å². The molecule has 2 atom stereocenters. The fourth-order valence-corrected chi connectivity index (χ4v) is 2.07. The van der Waals surface area contributed by atoms with Crippen LogP contribution in [0.1, 0.15) is 39.2 Å². The van der Waals surface area contributed by atoms with E-state index in [0.29, 0.717) is 6.61 Å². The maximum absolute atomic E-state index is 11.6. The van der Waals surface area contributed by atoms with Crippen molar-refractivity contribution < 1.29 is 14.3 Å². The van der Waals surface area contributed by atoms with Crippen LogP contribution in [-0.4, -0.2) is 23.8 Å². The highest BCUT2D eigenvalue weighted by Crippen LogP contribution is 2.24. The summed E-state index contributed by atoms with van der Waals surface area (Å²) in [6, 6.07) is 10.2. The monoisotopic (exact) mass is 292 g/mol. The van der Waals surface area contributed by atoms with Crippen molar-refractivity contribution >= 4 is 6.09 Å². The lowest BCUT2D eigenvalue weighted by Gasteiger charge is -2.37. The van der Waals surface area contributed by atoms with Crippen molar-refractivity contribution in [2.24, 2.45) is 0 Å². The smallest absolute Gasteiger partial charge is 0.422 e. The zero-order valence-electron chi connectivity index (χ0n) is 12.9. The van der Waals surface area contributed by atoms with Gasteiger partial charge in [0.15, 0.2) is 0 Å². The van der Waals surface area contributed by atoms with Crippen molar-refractivity contribution in [1.82, 2.24) is 10.9 Å². The molecule has 1 amide bonds. The molecule has 1 aliphatic carbocycles. The molecule has 2 rings (SSSR count). The summed E-state index contributed by atoms with van der Waals surface area (Å²) >= 11 is 0. The summed E-state index contributed by atoms with van der Waals surface area (Å²) in [5.74, 6) is 0. The van der Waals surface area contributed by atoms with Gasteiger partial charge in [-0.2, -0.15) is 0 Å². The molecule has 21 heavy (non-hydrogen) atoms. The molecule has 1 aliphatic rings. The van der Waals surface area contributed by atoms with Gasteiger partial charge in [0.25, 0.3) is 0 Å². The van der Waals surface area contributed by atoms with Crippen LogP contribution in [0, 0.1) is 0 Å². The van der Waals surface area contributed by atoms with Gasteiger partial charge in [0.2, 0.25) is 0 Å². The number of benzene rings is 1. The second-order valence-electron chi connectivity index (χ2n) is 6.29. The van der Waals surface area contributed by atoms with Crippen LogP contribution in [0.2, 0.25) is 0 Å². The SMILES string of the molecule is CC(C)(C)OC(=O)NNC1CCC1OCc1ccccc1. The van der Waals surface area contributed by atoms with Gasteiger partial charge in [-0.1, -0.05) is 30.3 Å². The summed E-state index contributed by atoms with van der Waals surface area (Å²) in [6.07, 6.45) is 1.65. The van der Waals surface area contributed by atoms with Gasteiger partial charge in [-0.15, -0.1) is 0 Å². The van der Waals surface area contributed by atoms with Gasteiger partial charge in [0.05, 0.1) is 18.8 Å². The Labute approximate surface area is 126 Å². The van der Waals surface area contributed by atoms with Gasteiger partial charge in [-0.25, -0.2) is 10.2 Å². The first-order valence-electron chi connectivity index (χ1n) is 7.34. The Morgan fingerprint density at radius 2 is 1.95 bits per heavy atom. The molecule has 1 aromatic carbocycles. The zero-order valence-corrected chi connectivity index (χ0v) is 12.9. The number of carbonyl (C=O) groups is 1. The standard InChI is InChI=1S/C16H24N2O3/c1-16(2,3)21-15(19)18-17-13-9-10-14(13)20-11-12-7-5-4-6-8-12/h4-8,13-14,17H,9-11H2,1-3H3,(H,18,19). The number of hydrazine groups is 1. The number of hydrogen-bond acceptors (Lipinski definition) is 4. The minimum Gasteiger partial charge on any atom is -0.443 e. The number of hydrogen-bond donors (Lipinski definition) is 2. The highest BCUT2D eigenvalue weighted by atomic mass is 16.6. The summed E-state index contributed by atoms with van der Waals surface area (Å²) in [4.78, 5) is 11.6. The van der Waals surface area contributed by atoms with Crippen LogP contribution in [0.15, 0.2) is 30.3 Å². The first kappa shape index (κ1) is 15.8. The van der Waals surface area contributed by atoms with Gasteiger partial charge in [0, 0.05) is 0 Å². The van der Waals surface area contributed by atoms with Crippen molar-refractivity contribution in [2.45, 2.75) is 58.0 Å². The second-order valence-corrected chi connectivity index (χ2v) is 6.29. The molecule has 2 unspecified atom stereocenters. The minimum atomic E-state index is -0.491. The van der Waals surface area contributed by atoms with Gasteiger partial charge in [-0.05, 0) is 39.2 Å². The van der Waals surface area contributed by atoms with Crippen molar-refractivity contribution in [3.63, 3.8) is 0 Å². The number of nitrogens with one attached hydrogen (secondary N) is 2. The van der Waals surface area contributed by atoms with E-state index in [1.165, 1.54) is 0 Å². The third-order valence-electron chi connectivity index (χ3n) is 3.28. The fraction of sp³-hybridized carbons (Fsp3) is 0.562. The van der Waals surface area contributed by atoms with Crippen LogP contribution in [0.25, 0.3) is 0 Å². The predicted octanol–water partition coefficient (Wildman–Crippen LogP) is 2.76. The molecular weight excluding hydrogens is 268 g/mol. The molecule has 0 bridgehead atoms. The van der Waals surface area contributed by atoms with E-state index in [4.69, 9.17) is 9.47 Å². The largest absolute Gasteiger partial charge is 0.443 e. The van der Waals surface area contributed by atoms with Gasteiger partial charge < -0.3 is 9.47 Å². The number of ether oxygens (including phenoxy) is 2. The first-order chi connectivity index (χ1) is 9.94. The van der Waals surface area contributed by atoms with Crippen LogP contribution < -0.4 is 10.9 Å². The maximum Gasteiger partial charge on any atom is 0.422 e. The van der Waals surface area contributed by atoms with Crippen LogP contribution in [-0.2, 0) is 16.1 Å². The second kappa shape index (κ2) is 6.91. The van der Waals surface area contributed by atoms with E-state index in [2.05, 4.69) is 10.9 Å². The van der Waals surface area contributed by atoms with E-state index < -0.39 is 11.7 Å². The maximum atomic E-state index is 11.6. The van der Waals surface area contributed by atoms with Crippen molar-refractivity contribution in [3.8, 4) is 0 Å².